The van der Waals surface area contributed by atoms with Gasteiger partial charge in [-0.25, -0.2) is 0 Å². The fourth-order valence-corrected chi connectivity index (χ4v) is 3.56. The van der Waals surface area contributed by atoms with Gasteiger partial charge in [0.15, 0.2) is 0 Å². The van der Waals surface area contributed by atoms with Gasteiger partial charge >= 0.3 is 0 Å². The number of hydrogen-bond donors (Lipinski definition) is 1. The van der Waals surface area contributed by atoms with Crippen LogP contribution in [0.15, 0.2) is 0 Å². The molecule has 0 aromatic carbocycles. The van der Waals surface area contributed by atoms with E-state index in [1.807, 2.05) is 0 Å². The zero-order chi connectivity index (χ0) is 14.0. The summed E-state index contributed by atoms with van der Waals surface area (Å²) in [6, 6.07) is 0. The SMILES string of the molecule is CCC1CCN(CCOCCCC2CCNCC2)CC1. The Morgan fingerprint density at radius 3 is 2.45 bits per heavy atom. The monoisotopic (exact) mass is 282 g/mol. The highest BCUT2D eigenvalue weighted by Crippen LogP contribution is 2.19. The van der Waals surface area contributed by atoms with Crippen LogP contribution < -0.4 is 5.32 Å². The van der Waals surface area contributed by atoms with Gasteiger partial charge in [-0.2, -0.15) is 0 Å². The van der Waals surface area contributed by atoms with Crippen molar-refractivity contribution in [3.05, 3.63) is 0 Å². The number of piperidine rings is 2. The molecule has 0 spiro atoms. The number of nitrogens with zero attached hydrogens (tertiary/aromatic N) is 1. The van der Waals surface area contributed by atoms with Gasteiger partial charge in [-0.1, -0.05) is 13.3 Å². The van der Waals surface area contributed by atoms with Crippen molar-refractivity contribution < 1.29 is 4.74 Å². The second kappa shape index (κ2) is 9.75. The summed E-state index contributed by atoms with van der Waals surface area (Å²) in [4.78, 5) is 2.58. The smallest absolute Gasteiger partial charge is 0.0593 e. The Balaban J connectivity index is 1.40. The van der Waals surface area contributed by atoms with Crippen LogP contribution in [0.1, 0.15) is 51.9 Å². The van der Waals surface area contributed by atoms with E-state index in [9.17, 15) is 0 Å². The van der Waals surface area contributed by atoms with Crippen molar-refractivity contribution in [2.75, 3.05) is 45.9 Å². The first-order valence-electron chi connectivity index (χ1n) is 8.89. The zero-order valence-electron chi connectivity index (χ0n) is 13.4. The van der Waals surface area contributed by atoms with Crippen LogP contribution in [0.3, 0.4) is 0 Å². The fourth-order valence-electron chi connectivity index (χ4n) is 3.56. The summed E-state index contributed by atoms with van der Waals surface area (Å²) in [5.41, 5.74) is 0. The molecule has 3 heteroatoms. The molecule has 20 heavy (non-hydrogen) atoms. The number of ether oxygens (including phenoxy) is 1. The van der Waals surface area contributed by atoms with Crippen LogP contribution in [0.25, 0.3) is 0 Å². The van der Waals surface area contributed by atoms with Gasteiger partial charge < -0.3 is 15.0 Å². The highest BCUT2D eigenvalue weighted by molar-refractivity contribution is 4.71. The van der Waals surface area contributed by atoms with E-state index in [1.165, 1.54) is 71.1 Å². The van der Waals surface area contributed by atoms with Crippen LogP contribution in [0.5, 0.6) is 0 Å². The third-order valence-electron chi connectivity index (χ3n) is 5.20. The third-order valence-corrected chi connectivity index (χ3v) is 5.20. The molecule has 0 aromatic heterocycles. The van der Waals surface area contributed by atoms with Gasteiger partial charge in [-0.15, -0.1) is 0 Å². The number of likely N-dealkylation sites (tertiary alicyclic amines) is 1. The maximum atomic E-state index is 5.82. The Kier molecular flexibility index (Phi) is 7.92. The van der Waals surface area contributed by atoms with Gasteiger partial charge in [0.1, 0.15) is 0 Å². The molecule has 118 valence electrons. The molecule has 2 fully saturated rings. The molecular weight excluding hydrogens is 248 g/mol. The van der Waals surface area contributed by atoms with Crippen molar-refractivity contribution in [2.45, 2.75) is 51.9 Å². The minimum Gasteiger partial charge on any atom is -0.380 e. The molecule has 0 bridgehead atoms. The van der Waals surface area contributed by atoms with E-state index in [1.54, 1.807) is 0 Å². The van der Waals surface area contributed by atoms with Crippen LogP contribution in [0.2, 0.25) is 0 Å². The van der Waals surface area contributed by atoms with Crippen LogP contribution in [-0.2, 0) is 4.74 Å². The van der Waals surface area contributed by atoms with Crippen LogP contribution in [0.4, 0.5) is 0 Å². The van der Waals surface area contributed by atoms with Crippen molar-refractivity contribution in [2.24, 2.45) is 11.8 Å². The Hall–Kier alpha value is -0.120. The van der Waals surface area contributed by atoms with Gasteiger partial charge in [0.25, 0.3) is 0 Å². The molecule has 0 aliphatic carbocycles. The average Bonchev–Trinajstić information content (AvgIpc) is 2.52. The predicted octanol–water partition coefficient (Wildman–Crippen LogP) is 2.90. The quantitative estimate of drug-likeness (QED) is 0.693. The Morgan fingerprint density at radius 1 is 1.00 bits per heavy atom. The molecule has 2 rings (SSSR count). The summed E-state index contributed by atoms with van der Waals surface area (Å²) in [7, 11) is 0. The molecular formula is C17H34N2O. The topological polar surface area (TPSA) is 24.5 Å². The predicted molar refractivity (Wildman–Crippen MR) is 85.1 cm³/mol. The molecule has 0 radical (unpaired) electrons. The van der Waals surface area contributed by atoms with E-state index in [0.717, 1.165) is 31.6 Å². The number of hydrogen-bond acceptors (Lipinski definition) is 3. The molecule has 1 N–H and O–H groups in total. The lowest BCUT2D eigenvalue weighted by Crippen LogP contribution is -2.35. The van der Waals surface area contributed by atoms with Crippen molar-refractivity contribution in [1.82, 2.24) is 10.2 Å². The lowest BCUT2D eigenvalue weighted by molar-refractivity contribution is 0.0835. The van der Waals surface area contributed by atoms with Crippen molar-refractivity contribution in [3.63, 3.8) is 0 Å². The van der Waals surface area contributed by atoms with E-state index in [4.69, 9.17) is 4.74 Å². The molecule has 0 saturated carbocycles. The molecule has 2 aliphatic heterocycles. The molecule has 2 heterocycles. The highest BCUT2D eigenvalue weighted by Gasteiger charge is 2.17. The first-order chi connectivity index (χ1) is 9.88. The number of nitrogens with one attached hydrogen (secondary N) is 1. The summed E-state index contributed by atoms with van der Waals surface area (Å²) >= 11 is 0. The highest BCUT2D eigenvalue weighted by atomic mass is 16.5. The van der Waals surface area contributed by atoms with E-state index < -0.39 is 0 Å². The van der Waals surface area contributed by atoms with Gasteiger partial charge in [0.05, 0.1) is 6.61 Å². The van der Waals surface area contributed by atoms with Gasteiger partial charge in [0.2, 0.25) is 0 Å². The second-order valence-corrected chi connectivity index (χ2v) is 6.64. The van der Waals surface area contributed by atoms with Crippen molar-refractivity contribution >= 4 is 0 Å². The first kappa shape index (κ1) is 16.3. The van der Waals surface area contributed by atoms with Crippen molar-refractivity contribution in [3.8, 4) is 0 Å². The van der Waals surface area contributed by atoms with E-state index in [2.05, 4.69) is 17.1 Å². The normalized spacial score (nSPS) is 23.2. The maximum absolute atomic E-state index is 5.82. The fraction of sp³-hybridized carbons (Fsp3) is 1.00. The summed E-state index contributed by atoms with van der Waals surface area (Å²) in [6.45, 7) is 10.4. The van der Waals surface area contributed by atoms with Crippen LogP contribution >= 0.6 is 0 Å². The summed E-state index contributed by atoms with van der Waals surface area (Å²) in [5.74, 6) is 1.94. The Bertz CT molecular complexity index is 233. The first-order valence-corrected chi connectivity index (χ1v) is 8.89. The molecule has 0 unspecified atom stereocenters. The number of rotatable bonds is 8. The second-order valence-electron chi connectivity index (χ2n) is 6.64. The van der Waals surface area contributed by atoms with E-state index >= 15 is 0 Å². The molecule has 2 aliphatic rings. The lowest BCUT2D eigenvalue weighted by atomic mass is 9.93. The zero-order valence-corrected chi connectivity index (χ0v) is 13.4. The molecule has 0 atom stereocenters. The van der Waals surface area contributed by atoms with E-state index in [0.29, 0.717) is 0 Å². The summed E-state index contributed by atoms with van der Waals surface area (Å²) in [5, 5.41) is 3.43. The standard InChI is InChI=1S/C17H34N2O/c1-2-16-7-11-19(12-8-16)13-15-20-14-3-4-17-5-9-18-10-6-17/h16-18H,2-15H2,1H3. The third kappa shape index (κ3) is 6.11. The molecule has 2 saturated heterocycles. The lowest BCUT2D eigenvalue weighted by Gasteiger charge is -2.31. The largest absolute Gasteiger partial charge is 0.380 e. The average molecular weight is 282 g/mol. The Morgan fingerprint density at radius 2 is 1.75 bits per heavy atom. The van der Waals surface area contributed by atoms with Crippen LogP contribution in [-0.4, -0.2) is 50.8 Å². The minimum atomic E-state index is 0.934. The summed E-state index contributed by atoms with van der Waals surface area (Å²) in [6.07, 6.45) is 9.50. The minimum absolute atomic E-state index is 0.934. The van der Waals surface area contributed by atoms with E-state index in [-0.39, 0.29) is 0 Å². The van der Waals surface area contributed by atoms with Gasteiger partial charge in [-0.05, 0) is 76.5 Å². The maximum Gasteiger partial charge on any atom is 0.0593 e. The Labute approximate surface area is 125 Å². The van der Waals surface area contributed by atoms with Crippen LogP contribution in [0, 0.1) is 11.8 Å². The van der Waals surface area contributed by atoms with Gasteiger partial charge in [-0.3, -0.25) is 0 Å². The van der Waals surface area contributed by atoms with Crippen molar-refractivity contribution in [1.29, 1.82) is 0 Å². The summed E-state index contributed by atoms with van der Waals surface area (Å²) < 4.78 is 5.82. The molecule has 0 amide bonds. The van der Waals surface area contributed by atoms with Gasteiger partial charge in [0, 0.05) is 13.2 Å². The molecule has 0 aromatic rings. The molecule has 3 nitrogen and oxygen atoms in total.